The van der Waals surface area contributed by atoms with Crippen molar-refractivity contribution in [1.29, 1.82) is 0 Å². The van der Waals surface area contributed by atoms with Gasteiger partial charge in [-0.25, -0.2) is 5.01 Å². The van der Waals surface area contributed by atoms with Gasteiger partial charge >= 0.3 is 0 Å². The predicted octanol–water partition coefficient (Wildman–Crippen LogP) is 3.04. The smallest absolute Gasteiger partial charge is 0.274 e. The van der Waals surface area contributed by atoms with Crippen LogP contribution in [-0.4, -0.2) is 45.3 Å². The van der Waals surface area contributed by atoms with Crippen LogP contribution in [-0.2, 0) is 16.0 Å². The predicted molar refractivity (Wildman–Crippen MR) is 114 cm³/mol. The average Bonchev–Trinajstić information content (AvgIpc) is 3.40. The molecule has 8 nitrogen and oxygen atoms in total. The van der Waals surface area contributed by atoms with Crippen molar-refractivity contribution in [2.45, 2.75) is 32.2 Å². The van der Waals surface area contributed by atoms with Gasteiger partial charge in [-0.3, -0.25) is 9.59 Å². The Balaban J connectivity index is 1.36. The van der Waals surface area contributed by atoms with Crippen LogP contribution in [0.3, 0.4) is 0 Å². The first kappa shape index (κ1) is 19.2. The van der Waals surface area contributed by atoms with Crippen molar-refractivity contribution >= 4 is 23.2 Å². The molecule has 2 amide bonds. The van der Waals surface area contributed by atoms with Gasteiger partial charge in [-0.15, -0.1) is 0 Å². The van der Waals surface area contributed by atoms with Crippen molar-refractivity contribution in [3.05, 3.63) is 66.1 Å². The molecule has 1 unspecified atom stereocenters. The van der Waals surface area contributed by atoms with Crippen LogP contribution in [0, 0.1) is 0 Å². The topological polar surface area (TPSA) is 91.9 Å². The minimum Gasteiger partial charge on any atom is -0.332 e. The summed E-state index contributed by atoms with van der Waals surface area (Å²) in [5.41, 5.74) is 3.38. The van der Waals surface area contributed by atoms with Crippen LogP contribution >= 0.6 is 0 Å². The molecule has 1 aromatic heterocycles. The fourth-order valence-corrected chi connectivity index (χ4v) is 4.07. The van der Waals surface area contributed by atoms with E-state index >= 15 is 0 Å². The van der Waals surface area contributed by atoms with Crippen LogP contribution < -0.4 is 4.90 Å². The van der Waals surface area contributed by atoms with Gasteiger partial charge in [0.05, 0.1) is 0 Å². The molecule has 3 aromatic rings. The van der Waals surface area contributed by atoms with Gasteiger partial charge in [-0.1, -0.05) is 53.7 Å². The number of benzene rings is 2. The monoisotopic (exact) mass is 415 g/mol. The van der Waals surface area contributed by atoms with Crippen LogP contribution in [0.1, 0.15) is 31.2 Å². The summed E-state index contributed by atoms with van der Waals surface area (Å²) in [6.45, 7) is 1.88. The van der Waals surface area contributed by atoms with E-state index < -0.39 is 0 Å². The first-order valence-electron chi connectivity index (χ1n) is 10.3. The highest BCUT2D eigenvalue weighted by Crippen LogP contribution is 2.32. The molecule has 3 heterocycles. The number of nitrogens with zero attached hydrogens (tertiary/aromatic N) is 5. The quantitative estimate of drug-likeness (QED) is 0.653. The number of carbonyl (C=O) groups is 2. The number of aromatic nitrogens is 2. The minimum atomic E-state index is -0.194. The molecule has 31 heavy (non-hydrogen) atoms. The molecule has 2 aromatic carbocycles. The van der Waals surface area contributed by atoms with Crippen molar-refractivity contribution in [2.75, 3.05) is 11.4 Å². The summed E-state index contributed by atoms with van der Waals surface area (Å²) in [6, 6.07) is 17.4. The number of rotatable bonds is 4. The van der Waals surface area contributed by atoms with Gasteiger partial charge in [0.25, 0.3) is 5.89 Å². The lowest BCUT2D eigenvalue weighted by atomic mass is 10.1. The molecule has 0 fully saturated rings. The number of carbonyl (C=O) groups excluding carboxylic acids is 2. The molecule has 0 aliphatic carbocycles. The zero-order chi connectivity index (χ0) is 21.4. The second kappa shape index (κ2) is 7.79. The lowest BCUT2D eigenvalue weighted by Crippen LogP contribution is -2.44. The summed E-state index contributed by atoms with van der Waals surface area (Å²) < 4.78 is 5.39. The zero-order valence-electron chi connectivity index (χ0n) is 17.1. The summed E-state index contributed by atoms with van der Waals surface area (Å²) in [6.07, 6.45) is 1.43. The minimum absolute atomic E-state index is 0.0395. The maximum absolute atomic E-state index is 13.1. The van der Waals surface area contributed by atoms with Crippen LogP contribution in [0.15, 0.2) is 64.2 Å². The maximum atomic E-state index is 13.1. The lowest BCUT2D eigenvalue weighted by molar-refractivity contribution is -0.135. The molecule has 156 valence electrons. The van der Waals surface area contributed by atoms with E-state index in [1.165, 1.54) is 5.01 Å². The molecule has 0 spiro atoms. The molecule has 0 radical (unpaired) electrons. The van der Waals surface area contributed by atoms with Gasteiger partial charge < -0.3 is 9.42 Å². The Morgan fingerprint density at radius 3 is 2.71 bits per heavy atom. The summed E-state index contributed by atoms with van der Waals surface area (Å²) in [5, 5.41) is 9.63. The lowest BCUT2D eigenvalue weighted by Gasteiger charge is -2.27. The SMILES string of the molecule is CC1Cc2ccccc2N1C(=O)CN1N=C(c2nc(-c3ccccc3)no2)CCC1=O. The fraction of sp³-hybridized carbons (Fsp3) is 0.261. The van der Waals surface area contributed by atoms with E-state index in [-0.39, 0.29) is 36.7 Å². The van der Waals surface area contributed by atoms with Crippen molar-refractivity contribution in [2.24, 2.45) is 5.10 Å². The molecule has 0 saturated carbocycles. The second-order valence-corrected chi connectivity index (χ2v) is 7.73. The standard InChI is InChI=1S/C23H21N5O3/c1-15-13-17-9-5-6-10-19(17)28(15)21(30)14-27-20(29)12-11-18(25-27)23-24-22(26-31-23)16-7-3-2-4-8-16/h2-10,15H,11-14H2,1H3. The molecule has 1 atom stereocenters. The van der Waals surface area contributed by atoms with Crippen molar-refractivity contribution in [1.82, 2.24) is 15.1 Å². The normalized spacial score (nSPS) is 18.2. The molecule has 2 aliphatic rings. The van der Waals surface area contributed by atoms with E-state index in [0.717, 1.165) is 23.2 Å². The number of fused-ring (bicyclic) bond motifs is 1. The Morgan fingerprint density at radius 1 is 1.10 bits per heavy atom. The van der Waals surface area contributed by atoms with Gasteiger partial charge in [0.1, 0.15) is 12.3 Å². The van der Waals surface area contributed by atoms with Crippen molar-refractivity contribution < 1.29 is 14.1 Å². The summed E-state index contributed by atoms with van der Waals surface area (Å²) >= 11 is 0. The number of hydrogen-bond acceptors (Lipinski definition) is 6. The molecular formula is C23H21N5O3. The maximum Gasteiger partial charge on any atom is 0.274 e. The summed E-state index contributed by atoms with van der Waals surface area (Å²) in [5.74, 6) is 0.371. The van der Waals surface area contributed by atoms with Crippen LogP contribution in [0.5, 0.6) is 0 Å². The van der Waals surface area contributed by atoms with Crippen LogP contribution in [0.2, 0.25) is 0 Å². The third kappa shape index (κ3) is 3.61. The number of hydrazone groups is 1. The number of para-hydroxylation sites is 1. The van der Waals surface area contributed by atoms with E-state index in [9.17, 15) is 9.59 Å². The fourth-order valence-electron chi connectivity index (χ4n) is 4.07. The molecular weight excluding hydrogens is 394 g/mol. The molecule has 0 bridgehead atoms. The van der Waals surface area contributed by atoms with E-state index in [1.54, 1.807) is 4.90 Å². The molecule has 0 saturated heterocycles. The van der Waals surface area contributed by atoms with Crippen LogP contribution in [0.25, 0.3) is 11.4 Å². The van der Waals surface area contributed by atoms with E-state index in [2.05, 4.69) is 15.2 Å². The number of hydrogen-bond donors (Lipinski definition) is 0. The molecule has 8 heteroatoms. The summed E-state index contributed by atoms with van der Waals surface area (Å²) in [7, 11) is 0. The third-order valence-corrected chi connectivity index (χ3v) is 5.57. The highest BCUT2D eigenvalue weighted by molar-refractivity contribution is 6.03. The van der Waals surface area contributed by atoms with E-state index in [0.29, 0.717) is 18.0 Å². The largest absolute Gasteiger partial charge is 0.332 e. The van der Waals surface area contributed by atoms with Crippen LogP contribution in [0.4, 0.5) is 5.69 Å². The highest BCUT2D eigenvalue weighted by atomic mass is 16.5. The first-order chi connectivity index (χ1) is 15.1. The second-order valence-electron chi connectivity index (χ2n) is 7.73. The van der Waals surface area contributed by atoms with Gasteiger partial charge in [0.2, 0.25) is 17.6 Å². The molecule has 0 N–H and O–H groups in total. The first-order valence-corrected chi connectivity index (χ1v) is 10.3. The van der Waals surface area contributed by atoms with Crippen molar-refractivity contribution in [3.8, 4) is 11.4 Å². The van der Waals surface area contributed by atoms with Gasteiger partial charge in [-0.05, 0) is 25.0 Å². The van der Waals surface area contributed by atoms with E-state index in [4.69, 9.17) is 4.52 Å². The Bertz CT molecular complexity index is 1170. The molecule has 5 rings (SSSR count). The Labute approximate surface area is 179 Å². The highest BCUT2D eigenvalue weighted by Gasteiger charge is 2.33. The Morgan fingerprint density at radius 2 is 1.87 bits per heavy atom. The Kier molecular flexibility index (Phi) is 4.82. The van der Waals surface area contributed by atoms with Crippen molar-refractivity contribution in [3.63, 3.8) is 0 Å². The van der Waals surface area contributed by atoms with E-state index in [1.807, 2.05) is 61.5 Å². The molecule has 2 aliphatic heterocycles. The summed E-state index contributed by atoms with van der Waals surface area (Å²) in [4.78, 5) is 31.7. The average molecular weight is 415 g/mol. The Hall–Kier alpha value is -3.81. The number of anilines is 1. The van der Waals surface area contributed by atoms with Gasteiger partial charge in [-0.2, -0.15) is 10.1 Å². The number of amides is 2. The van der Waals surface area contributed by atoms with Gasteiger partial charge in [0, 0.05) is 30.1 Å². The third-order valence-electron chi connectivity index (χ3n) is 5.57. The zero-order valence-corrected chi connectivity index (χ0v) is 17.1. The van der Waals surface area contributed by atoms with Gasteiger partial charge in [0.15, 0.2) is 0 Å².